The van der Waals surface area contributed by atoms with Crippen molar-refractivity contribution in [3.63, 3.8) is 0 Å². The van der Waals surface area contributed by atoms with Crippen molar-refractivity contribution in [1.29, 1.82) is 0 Å². The van der Waals surface area contributed by atoms with Crippen LogP contribution in [-0.2, 0) is 4.74 Å². The maximum atomic E-state index is 9.38. The van der Waals surface area contributed by atoms with Crippen LogP contribution in [0.25, 0.3) is 0 Å². The highest BCUT2D eigenvalue weighted by molar-refractivity contribution is 5.85. The Hall–Kier alpha value is -0.150. The molecule has 52 valence electrons. The summed E-state index contributed by atoms with van der Waals surface area (Å²) in [5, 5.41) is 7.69. The minimum atomic E-state index is -1.21. The molecule has 3 nitrogen and oxygen atoms in total. The van der Waals surface area contributed by atoms with Crippen LogP contribution < -0.4 is 0 Å². The van der Waals surface area contributed by atoms with Gasteiger partial charge in [-0.3, -0.25) is 0 Å². The van der Waals surface area contributed by atoms with Crippen molar-refractivity contribution in [2.45, 2.75) is 6.92 Å². The number of carboxylic acid groups (broad SMARTS) is 1. The molecule has 0 radical (unpaired) electrons. The molecule has 0 atom stereocenters. The van der Waals surface area contributed by atoms with E-state index in [-0.39, 0.29) is 31.4 Å². The molecule has 1 N–H and O–H groups in total. The highest BCUT2D eigenvalue weighted by atomic mass is 35.5. The molecule has 0 aromatic heterocycles. The van der Waals surface area contributed by atoms with Crippen LogP contribution in [0.4, 0.5) is 4.79 Å². The van der Waals surface area contributed by atoms with E-state index in [9.17, 15) is 4.79 Å². The zero-order valence-corrected chi connectivity index (χ0v) is 5.92. The Labute approximate surface area is 59.8 Å². The third kappa shape index (κ3) is 16.9. The monoisotopic (exact) mass is 162 g/mol. The van der Waals surface area contributed by atoms with Crippen molar-refractivity contribution in [3.05, 3.63) is 0 Å². The first kappa shape index (κ1) is 15.7. The third-order valence-corrected chi connectivity index (χ3v) is 0.268. The van der Waals surface area contributed by atoms with E-state index in [0.717, 1.165) is 0 Å². The van der Waals surface area contributed by atoms with E-state index in [1.54, 1.807) is 6.92 Å². The second-order valence-electron chi connectivity index (χ2n) is 0.699. The molecule has 5 heteroatoms. The lowest BCUT2D eigenvalue weighted by Gasteiger charge is -1.87. The number of ether oxygens (including phenoxy) is 1. The maximum Gasteiger partial charge on any atom is 0.505 e. The predicted octanol–water partition coefficient (Wildman–Crippen LogP) is 1.54. The quantitative estimate of drug-likeness (QED) is 0.596. The van der Waals surface area contributed by atoms with Crippen molar-refractivity contribution in [2.75, 3.05) is 6.61 Å². The van der Waals surface area contributed by atoms with Gasteiger partial charge in [0.25, 0.3) is 0 Å². The third-order valence-electron chi connectivity index (χ3n) is 0.268. The summed E-state index contributed by atoms with van der Waals surface area (Å²) in [6.07, 6.45) is -1.21. The van der Waals surface area contributed by atoms with Crippen LogP contribution in [0, 0.1) is 0 Å². The molecular formula is C3H8Cl2O3. The summed E-state index contributed by atoms with van der Waals surface area (Å²) in [7, 11) is 0. The van der Waals surface area contributed by atoms with Crippen molar-refractivity contribution in [1.82, 2.24) is 0 Å². The molecule has 0 aliphatic heterocycles. The summed E-state index contributed by atoms with van der Waals surface area (Å²) < 4.78 is 3.96. The van der Waals surface area contributed by atoms with Gasteiger partial charge in [-0.05, 0) is 6.92 Å². The number of hydrogen-bond acceptors (Lipinski definition) is 2. The summed E-state index contributed by atoms with van der Waals surface area (Å²) in [5.74, 6) is 0. The van der Waals surface area contributed by atoms with Gasteiger partial charge in [-0.25, -0.2) is 4.79 Å². The largest absolute Gasteiger partial charge is 0.505 e. The molecule has 0 aromatic carbocycles. The van der Waals surface area contributed by atoms with Gasteiger partial charge in [0.05, 0.1) is 6.61 Å². The molecule has 0 amide bonds. The van der Waals surface area contributed by atoms with E-state index >= 15 is 0 Å². The highest BCUT2D eigenvalue weighted by Gasteiger charge is 1.86. The first-order chi connectivity index (χ1) is 2.77. The minimum absolute atomic E-state index is 0. The fourth-order valence-corrected chi connectivity index (χ4v) is 0.123. The predicted molar refractivity (Wildman–Crippen MR) is 34.1 cm³/mol. The van der Waals surface area contributed by atoms with Crippen LogP contribution in [0.5, 0.6) is 0 Å². The number of carbonyl (C=O) groups is 1. The van der Waals surface area contributed by atoms with Gasteiger partial charge < -0.3 is 9.84 Å². The summed E-state index contributed by atoms with van der Waals surface area (Å²) in [5.41, 5.74) is 0. The summed E-state index contributed by atoms with van der Waals surface area (Å²) in [4.78, 5) is 9.38. The fraction of sp³-hybridized carbons (Fsp3) is 0.667. The van der Waals surface area contributed by atoms with Gasteiger partial charge in [0, 0.05) is 0 Å². The Morgan fingerprint density at radius 1 is 1.62 bits per heavy atom. The van der Waals surface area contributed by atoms with Gasteiger partial charge >= 0.3 is 6.16 Å². The Bertz CT molecular complexity index is 56.5. The van der Waals surface area contributed by atoms with Crippen molar-refractivity contribution < 1.29 is 14.6 Å². The average molecular weight is 163 g/mol. The molecule has 0 aromatic rings. The number of halogens is 2. The van der Waals surface area contributed by atoms with E-state index in [2.05, 4.69) is 4.74 Å². The first-order valence-corrected chi connectivity index (χ1v) is 1.63. The molecular weight excluding hydrogens is 155 g/mol. The molecule has 0 heterocycles. The molecule has 0 saturated heterocycles. The lowest BCUT2D eigenvalue weighted by molar-refractivity contribution is 0.0966. The van der Waals surface area contributed by atoms with Gasteiger partial charge in [0.2, 0.25) is 0 Å². The highest BCUT2D eigenvalue weighted by Crippen LogP contribution is 1.69. The molecule has 0 bridgehead atoms. The number of hydrogen-bond donors (Lipinski definition) is 1. The van der Waals surface area contributed by atoms with Gasteiger partial charge in [0.15, 0.2) is 0 Å². The normalized spacial score (nSPS) is 5.62. The standard InChI is InChI=1S/C3H6O3.2ClH/c1-2-6-3(4)5;;/h2H2,1H3,(H,4,5);2*1H. The van der Waals surface area contributed by atoms with Crippen molar-refractivity contribution in [2.24, 2.45) is 0 Å². The van der Waals surface area contributed by atoms with Gasteiger partial charge in [-0.1, -0.05) is 0 Å². The smallest absolute Gasteiger partial charge is 0.450 e. The van der Waals surface area contributed by atoms with Crippen LogP contribution in [0.3, 0.4) is 0 Å². The van der Waals surface area contributed by atoms with Crippen LogP contribution in [0.1, 0.15) is 6.92 Å². The summed E-state index contributed by atoms with van der Waals surface area (Å²) >= 11 is 0. The average Bonchev–Trinajstić information content (AvgIpc) is 1.35. The Morgan fingerprint density at radius 2 is 2.00 bits per heavy atom. The molecule has 0 spiro atoms. The fourth-order valence-electron chi connectivity index (χ4n) is 0.123. The van der Waals surface area contributed by atoms with E-state index < -0.39 is 6.16 Å². The van der Waals surface area contributed by atoms with E-state index in [4.69, 9.17) is 5.11 Å². The molecule has 0 aliphatic carbocycles. The molecule has 0 saturated carbocycles. The summed E-state index contributed by atoms with van der Waals surface area (Å²) in [6, 6.07) is 0. The lowest BCUT2D eigenvalue weighted by Crippen LogP contribution is -1.97. The van der Waals surface area contributed by atoms with E-state index in [0.29, 0.717) is 0 Å². The summed E-state index contributed by atoms with van der Waals surface area (Å²) in [6.45, 7) is 1.85. The second-order valence-corrected chi connectivity index (χ2v) is 0.699. The van der Waals surface area contributed by atoms with Gasteiger partial charge in [0.1, 0.15) is 0 Å². The van der Waals surface area contributed by atoms with Crippen LogP contribution in [0.2, 0.25) is 0 Å². The lowest BCUT2D eigenvalue weighted by atomic mass is 10.9. The molecule has 0 fully saturated rings. The molecule has 8 heavy (non-hydrogen) atoms. The Morgan fingerprint density at radius 3 is 2.00 bits per heavy atom. The van der Waals surface area contributed by atoms with Crippen LogP contribution in [-0.4, -0.2) is 17.9 Å². The zero-order valence-electron chi connectivity index (χ0n) is 4.29. The maximum absolute atomic E-state index is 9.38. The van der Waals surface area contributed by atoms with Gasteiger partial charge in [-0.2, -0.15) is 0 Å². The SMILES string of the molecule is CCOC(=O)O.Cl.Cl. The second kappa shape index (κ2) is 9.97. The molecule has 0 unspecified atom stereocenters. The molecule has 0 aliphatic rings. The topological polar surface area (TPSA) is 46.5 Å². The van der Waals surface area contributed by atoms with Gasteiger partial charge in [-0.15, -0.1) is 24.8 Å². The van der Waals surface area contributed by atoms with Crippen molar-refractivity contribution >= 4 is 31.0 Å². The van der Waals surface area contributed by atoms with Crippen LogP contribution >= 0.6 is 24.8 Å². The van der Waals surface area contributed by atoms with E-state index in [1.165, 1.54) is 0 Å². The minimum Gasteiger partial charge on any atom is -0.450 e. The van der Waals surface area contributed by atoms with Crippen LogP contribution in [0.15, 0.2) is 0 Å². The van der Waals surface area contributed by atoms with Crippen molar-refractivity contribution in [3.8, 4) is 0 Å². The van der Waals surface area contributed by atoms with E-state index in [1.807, 2.05) is 0 Å². The Kier molecular flexibility index (Phi) is 19.5. The number of rotatable bonds is 1. The Balaban J connectivity index is -0.000000125. The zero-order chi connectivity index (χ0) is 4.99. The first-order valence-electron chi connectivity index (χ1n) is 1.63. The molecule has 0 rings (SSSR count).